The summed E-state index contributed by atoms with van der Waals surface area (Å²) < 4.78 is 15.4. The zero-order chi connectivity index (χ0) is 14.7. The Morgan fingerprint density at radius 2 is 1.80 bits per heavy atom. The number of rotatable bonds is 4. The Balaban J connectivity index is 2.26. The summed E-state index contributed by atoms with van der Waals surface area (Å²) in [6.45, 7) is 0. The smallest absolute Gasteiger partial charge is 0.142 e. The molecule has 6 heteroatoms. The summed E-state index contributed by atoms with van der Waals surface area (Å²) in [5, 5.41) is 0.121. The van der Waals surface area contributed by atoms with Gasteiger partial charge in [0.1, 0.15) is 5.82 Å². The van der Waals surface area contributed by atoms with E-state index in [4.69, 9.17) is 17.4 Å². The van der Waals surface area contributed by atoms with Crippen LogP contribution < -0.4 is 11.3 Å². The van der Waals surface area contributed by atoms with Crippen LogP contribution in [0, 0.1) is 5.82 Å². The van der Waals surface area contributed by atoms with Crippen molar-refractivity contribution in [1.82, 2.24) is 5.43 Å². The molecule has 0 aromatic heterocycles. The van der Waals surface area contributed by atoms with Gasteiger partial charge in [-0.25, -0.2) is 4.39 Å². The molecule has 1 unspecified atom stereocenters. The maximum atomic E-state index is 13.5. The largest absolute Gasteiger partial charge is 0.271 e. The van der Waals surface area contributed by atoms with Crippen LogP contribution in [-0.4, -0.2) is 0 Å². The van der Waals surface area contributed by atoms with Crippen LogP contribution in [-0.2, 0) is 6.42 Å². The normalized spacial score (nSPS) is 12.4. The van der Waals surface area contributed by atoms with E-state index < -0.39 is 5.82 Å². The number of halogens is 4. The number of nitrogens with two attached hydrogens (primary N) is 1. The molecular weight excluding hydrogens is 410 g/mol. The highest BCUT2D eigenvalue weighted by Crippen LogP contribution is 2.26. The maximum Gasteiger partial charge on any atom is 0.142 e. The highest BCUT2D eigenvalue weighted by atomic mass is 79.9. The van der Waals surface area contributed by atoms with E-state index >= 15 is 0 Å². The van der Waals surface area contributed by atoms with Crippen LogP contribution in [0.5, 0.6) is 0 Å². The predicted octanol–water partition coefficient (Wildman–Crippen LogP) is 4.75. The van der Waals surface area contributed by atoms with Gasteiger partial charge in [0.25, 0.3) is 0 Å². The van der Waals surface area contributed by atoms with E-state index in [1.165, 1.54) is 6.07 Å². The molecule has 0 saturated heterocycles. The van der Waals surface area contributed by atoms with Crippen molar-refractivity contribution in [2.24, 2.45) is 5.84 Å². The Hall–Kier alpha value is -0.460. The van der Waals surface area contributed by atoms with Gasteiger partial charge < -0.3 is 0 Å². The first kappa shape index (κ1) is 15.9. The monoisotopic (exact) mass is 420 g/mol. The first-order chi connectivity index (χ1) is 9.49. The SMILES string of the molecule is NNC(Cc1ccc(Cl)c(F)c1)c1cc(Br)cc(Br)c1. The molecule has 2 nitrogen and oxygen atoms in total. The summed E-state index contributed by atoms with van der Waals surface area (Å²) in [5.41, 5.74) is 4.59. The predicted molar refractivity (Wildman–Crippen MR) is 87.0 cm³/mol. The van der Waals surface area contributed by atoms with Gasteiger partial charge in [-0.3, -0.25) is 11.3 Å². The van der Waals surface area contributed by atoms with Crippen LogP contribution in [0.2, 0.25) is 5.02 Å². The lowest BCUT2D eigenvalue weighted by Crippen LogP contribution is -2.29. The number of hydrazine groups is 1. The van der Waals surface area contributed by atoms with Crippen molar-refractivity contribution in [3.05, 3.63) is 67.3 Å². The molecule has 0 saturated carbocycles. The Labute approximate surface area is 138 Å². The van der Waals surface area contributed by atoms with Gasteiger partial charge in [0.05, 0.1) is 11.1 Å². The van der Waals surface area contributed by atoms with Crippen molar-refractivity contribution in [1.29, 1.82) is 0 Å². The second-order valence-corrected chi connectivity index (χ2v) is 6.61. The fourth-order valence-corrected chi connectivity index (χ4v) is 3.40. The topological polar surface area (TPSA) is 38.0 Å². The molecule has 0 aliphatic heterocycles. The Morgan fingerprint density at radius 1 is 1.15 bits per heavy atom. The first-order valence-electron chi connectivity index (χ1n) is 5.85. The third-order valence-electron chi connectivity index (χ3n) is 2.91. The Morgan fingerprint density at radius 3 is 2.35 bits per heavy atom. The summed E-state index contributed by atoms with van der Waals surface area (Å²) >= 11 is 12.6. The third kappa shape index (κ3) is 4.02. The van der Waals surface area contributed by atoms with Crippen molar-refractivity contribution in [3.63, 3.8) is 0 Å². The van der Waals surface area contributed by atoms with E-state index in [0.29, 0.717) is 6.42 Å². The quantitative estimate of drug-likeness (QED) is 0.551. The fraction of sp³-hybridized carbons (Fsp3) is 0.143. The van der Waals surface area contributed by atoms with Crippen LogP contribution in [0.4, 0.5) is 4.39 Å². The van der Waals surface area contributed by atoms with Crippen LogP contribution >= 0.6 is 43.5 Å². The molecule has 0 aliphatic rings. The summed E-state index contributed by atoms with van der Waals surface area (Å²) in [6, 6.07) is 10.5. The van der Waals surface area contributed by atoms with E-state index in [0.717, 1.165) is 20.1 Å². The summed E-state index contributed by atoms with van der Waals surface area (Å²) in [5.74, 6) is 5.20. The molecule has 0 heterocycles. The minimum Gasteiger partial charge on any atom is -0.271 e. The summed E-state index contributed by atoms with van der Waals surface area (Å²) in [6.07, 6.45) is 0.563. The first-order valence-corrected chi connectivity index (χ1v) is 7.82. The third-order valence-corrected chi connectivity index (χ3v) is 4.13. The summed E-state index contributed by atoms with van der Waals surface area (Å²) in [4.78, 5) is 0. The van der Waals surface area contributed by atoms with Gasteiger partial charge in [0, 0.05) is 8.95 Å². The van der Waals surface area contributed by atoms with E-state index in [1.54, 1.807) is 12.1 Å². The lowest BCUT2D eigenvalue weighted by atomic mass is 9.99. The van der Waals surface area contributed by atoms with Crippen molar-refractivity contribution in [2.75, 3.05) is 0 Å². The molecule has 3 N–H and O–H groups in total. The van der Waals surface area contributed by atoms with Crippen LogP contribution in [0.1, 0.15) is 17.2 Å². The molecule has 0 spiro atoms. The minimum absolute atomic E-state index is 0.121. The maximum absolute atomic E-state index is 13.5. The standard InChI is InChI=1S/C14H12Br2ClFN2/c15-10-5-9(6-11(16)7-10)14(20-19)4-8-1-2-12(17)13(18)3-8/h1-3,5-7,14,20H,4,19H2. The molecule has 2 aromatic rings. The van der Waals surface area contributed by atoms with Gasteiger partial charge in [0.15, 0.2) is 0 Å². The average molecular weight is 423 g/mol. The van der Waals surface area contributed by atoms with E-state index in [-0.39, 0.29) is 11.1 Å². The zero-order valence-electron chi connectivity index (χ0n) is 10.3. The number of hydrogen-bond acceptors (Lipinski definition) is 2. The van der Waals surface area contributed by atoms with Gasteiger partial charge >= 0.3 is 0 Å². The van der Waals surface area contributed by atoms with Crippen LogP contribution in [0.3, 0.4) is 0 Å². The highest BCUT2D eigenvalue weighted by Gasteiger charge is 2.13. The molecule has 2 rings (SSSR count). The second-order valence-electron chi connectivity index (χ2n) is 4.37. The molecule has 1 atom stereocenters. The Kier molecular flexibility index (Phi) is 5.57. The van der Waals surface area contributed by atoms with Gasteiger partial charge in [-0.05, 0) is 47.9 Å². The van der Waals surface area contributed by atoms with Gasteiger partial charge in [-0.1, -0.05) is 49.5 Å². The number of hydrogen-bond donors (Lipinski definition) is 2. The molecular formula is C14H12Br2ClFN2. The highest BCUT2D eigenvalue weighted by molar-refractivity contribution is 9.11. The molecule has 0 radical (unpaired) electrons. The Bertz CT molecular complexity index is 602. The molecule has 0 bridgehead atoms. The van der Waals surface area contributed by atoms with Crippen molar-refractivity contribution in [3.8, 4) is 0 Å². The van der Waals surface area contributed by atoms with Crippen LogP contribution in [0.25, 0.3) is 0 Å². The van der Waals surface area contributed by atoms with Gasteiger partial charge in [-0.2, -0.15) is 0 Å². The van der Waals surface area contributed by atoms with Gasteiger partial charge in [0.2, 0.25) is 0 Å². The molecule has 106 valence electrons. The van der Waals surface area contributed by atoms with Gasteiger partial charge in [-0.15, -0.1) is 0 Å². The lowest BCUT2D eigenvalue weighted by molar-refractivity contribution is 0.548. The summed E-state index contributed by atoms with van der Waals surface area (Å²) in [7, 11) is 0. The van der Waals surface area contributed by atoms with E-state index in [2.05, 4.69) is 37.3 Å². The molecule has 20 heavy (non-hydrogen) atoms. The van der Waals surface area contributed by atoms with Crippen molar-refractivity contribution < 1.29 is 4.39 Å². The second kappa shape index (κ2) is 7.00. The van der Waals surface area contributed by atoms with E-state index in [9.17, 15) is 4.39 Å². The van der Waals surface area contributed by atoms with Crippen LogP contribution in [0.15, 0.2) is 45.3 Å². The lowest BCUT2D eigenvalue weighted by Gasteiger charge is -2.17. The molecule has 0 amide bonds. The van der Waals surface area contributed by atoms with E-state index in [1.807, 2.05) is 18.2 Å². The minimum atomic E-state index is -0.421. The average Bonchev–Trinajstić information content (AvgIpc) is 2.38. The molecule has 2 aromatic carbocycles. The molecule has 0 aliphatic carbocycles. The number of nitrogens with one attached hydrogen (secondary N) is 1. The number of benzene rings is 2. The van der Waals surface area contributed by atoms with Crippen molar-refractivity contribution >= 4 is 43.5 Å². The molecule has 0 fully saturated rings. The van der Waals surface area contributed by atoms with Crippen molar-refractivity contribution in [2.45, 2.75) is 12.5 Å². The zero-order valence-corrected chi connectivity index (χ0v) is 14.3. The fourth-order valence-electron chi connectivity index (χ4n) is 1.95.